The molecule has 2 aliphatic rings. The van der Waals surface area contributed by atoms with Gasteiger partial charge < -0.3 is 24.8 Å². The van der Waals surface area contributed by atoms with E-state index in [1.807, 2.05) is 36.2 Å². The van der Waals surface area contributed by atoms with Crippen molar-refractivity contribution in [3.63, 3.8) is 0 Å². The van der Waals surface area contributed by atoms with Gasteiger partial charge in [-0.05, 0) is 42.8 Å². The largest absolute Gasteiger partial charge is 0.489 e. The first-order valence-corrected chi connectivity index (χ1v) is 13.4. The summed E-state index contributed by atoms with van der Waals surface area (Å²) in [5.74, 6) is 1.99. The molecule has 2 aromatic heterocycles. The highest BCUT2D eigenvalue weighted by molar-refractivity contribution is 6.32. The predicted octanol–water partition coefficient (Wildman–Crippen LogP) is 4.03. The van der Waals surface area contributed by atoms with Gasteiger partial charge in [0, 0.05) is 64.7 Å². The third-order valence-electron chi connectivity index (χ3n) is 7.40. The first-order chi connectivity index (χ1) is 18.8. The van der Waals surface area contributed by atoms with Gasteiger partial charge in [-0.2, -0.15) is 0 Å². The molecule has 0 aliphatic carbocycles. The zero-order valence-electron chi connectivity index (χ0n) is 22.1. The minimum absolute atomic E-state index is 0.0177. The summed E-state index contributed by atoms with van der Waals surface area (Å²) in [6, 6.07) is 9.54. The second kappa shape index (κ2) is 11.4. The number of pyridine rings is 1. The molecule has 11 heteroatoms. The molecule has 0 saturated carbocycles. The Morgan fingerprint density at radius 2 is 1.90 bits per heavy atom. The number of aromatic nitrogens is 3. The van der Waals surface area contributed by atoms with Crippen molar-refractivity contribution >= 4 is 51.8 Å². The summed E-state index contributed by atoms with van der Waals surface area (Å²) in [5.41, 5.74) is 2.09. The van der Waals surface area contributed by atoms with Crippen molar-refractivity contribution in [2.45, 2.75) is 38.3 Å². The Labute approximate surface area is 232 Å². The van der Waals surface area contributed by atoms with Gasteiger partial charge in [-0.3, -0.25) is 9.59 Å². The van der Waals surface area contributed by atoms with Crippen LogP contribution in [-0.2, 0) is 9.59 Å². The molecule has 1 N–H and O–H groups in total. The number of benzene rings is 1. The van der Waals surface area contributed by atoms with Crippen molar-refractivity contribution in [1.29, 1.82) is 0 Å². The number of carbonyl (C=O) groups is 2. The highest BCUT2D eigenvalue weighted by Crippen LogP contribution is 2.32. The van der Waals surface area contributed by atoms with Gasteiger partial charge >= 0.3 is 0 Å². The molecule has 1 atom stereocenters. The van der Waals surface area contributed by atoms with Crippen molar-refractivity contribution in [2.75, 3.05) is 43.4 Å². The zero-order valence-corrected chi connectivity index (χ0v) is 22.9. The molecule has 2 fully saturated rings. The summed E-state index contributed by atoms with van der Waals surface area (Å²) in [7, 11) is 1.99. The lowest BCUT2D eigenvalue weighted by atomic mass is 10.1. The molecular weight excluding hydrogens is 518 g/mol. The van der Waals surface area contributed by atoms with Crippen LogP contribution in [0.5, 0.6) is 5.75 Å². The Balaban J connectivity index is 1.29. The number of carbonyl (C=O) groups excluding carboxylic acids is 2. The van der Waals surface area contributed by atoms with Gasteiger partial charge in [-0.1, -0.05) is 18.2 Å². The fourth-order valence-corrected chi connectivity index (χ4v) is 5.30. The third-order valence-corrected chi connectivity index (χ3v) is 7.70. The van der Waals surface area contributed by atoms with E-state index in [1.165, 1.54) is 12.4 Å². The number of fused-ring (bicyclic) bond motifs is 1. The van der Waals surface area contributed by atoms with Gasteiger partial charge in [0.05, 0.1) is 10.5 Å². The number of hydrogen-bond acceptors (Lipinski definition) is 8. The number of ether oxygens (including phenoxy) is 1. The Morgan fingerprint density at radius 3 is 2.62 bits per heavy atom. The zero-order chi connectivity index (χ0) is 27.5. The fourth-order valence-electron chi connectivity index (χ4n) is 5.07. The Kier molecular flexibility index (Phi) is 7.83. The number of likely N-dealkylation sites (tertiary alicyclic amines) is 2. The SMILES string of the molecule is C=CC(=O)N1CC[C@H](N(C)c2ccc3ncnc(Nc4ccc(OC5CCN(C(C)=O)CC5)c(Cl)c4)c3n2)C1. The van der Waals surface area contributed by atoms with Crippen LogP contribution in [-0.4, -0.2) is 81.9 Å². The summed E-state index contributed by atoms with van der Waals surface area (Å²) in [6.07, 6.45) is 5.27. The van der Waals surface area contributed by atoms with Gasteiger partial charge in [0.15, 0.2) is 5.82 Å². The van der Waals surface area contributed by atoms with Gasteiger partial charge in [-0.25, -0.2) is 15.0 Å². The summed E-state index contributed by atoms with van der Waals surface area (Å²) in [4.78, 5) is 43.0. The van der Waals surface area contributed by atoms with Crippen LogP contribution in [0.25, 0.3) is 11.0 Å². The van der Waals surface area contributed by atoms with Crippen molar-refractivity contribution in [2.24, 2.45) is 0 Å². The van der Waals surface area contributed by atoms with Crippen LogP contribution in [0.15, 0.2) is 49.3 Å². The molecule has 2 saturated heterocycles. The Morgan fingerprint density at radius 1 is 1.13 bits per heavy atom. The quantitative estimate of drug-likeness (QED) is 0.440. The molecule has 3 aromatic rings. The minimum Gasteiger partial charge on any atom is -0.489 e. The number of anilines is 3. The molecule has 10 nitrogen and oxygen atoms in total. The van der Waals surface area contributed by atoms with E-state index in [0.29, 0.717) is 53.8 Å². The molecule has 2 aliphatic heterocycles. The van der Waals surface area contributed by atoms with Gasteiger partial charge in [0.1, 0.15) is 29.5 Å². The van der Waals surface area contributed by atoms with E-state index < -0.39 is 0 Å². The van der Waals surface area contributed by atoms with E-state index in [-0.39, 0.29) is 24.0 Å². The van der Waals surface area contributed by atoms with Crippen LogP contribution in [0.4, 0.5) is 17.3 Å². The normalized spacial score (nSPS) is 17.8. The molecule has 0 radical (unpaired) electrons. The van der Waals surface area contributed by atoms with E-state index in [2.05, 4.69) is 26.8 Å². The van der Waals surface area contributed by atoms with Crippen molar-refractivity contribution in [3.8, 4) is 5.75 Å². The van der Waals surface area contributed by atoms with E-state index in [4.69, 9.17) is 21.3 Å². The van der Waals surface area contributed by atoms with E-state index in [1.54, 1.807) is 17.9 Å². The number of hydrogen-bond donors (Lipinski definition) is 1. The summed E-state index contributed by atoms with van der Waals surface area (Å²) in [6.45, 7) is 7.88. The summed E-state index contributed by atoms with van der Waals surface area (Å²) in [5, 5.41) is 3.81. The second-order valence-electron chi connectivity index (χ2n) is 9.89. The highest BCUT2D eigenvalue weighted by atomic mass is 35.5. The van der Waals surface area contributed by atoms with Crippen molar-refractivity contribution in [3.05, 3.63) is 54.3 Å². The highest BCUT2D eigenvalue weighted by Gasteiger charge is 2.29. The fraction of sp³-hybridized carbons (Fsp3) is 0.393. The van der Waals surface area contributed by atoms with Crippen LogP contribution < -0.4 is 15.0 Å². The monoisotopic (exact) mass is 549 g/mol. The summed E-state index contributed by atoms with van der Waals surface area (Å²) < 4.78 is 6.14. The topological polar surface area (TPSA) is 104 Å². The van der Waals surface area contributed by atoms with Crippen LogP contribution >= 0.6 is 11.6 Å². The number of halogens is 1. The summed E-state index contributed by atoms with van der Waals surface area (Å²) >= 11 is 6.58. The molecule has 2 amide bonds. The standard InChI is InChI=1S/C28H32ClN7O3/c1-4-26(38)36-12-9-20(16-36)34(3)25-8-6-23-27(33-25)28(31-17-30-23)32-19-5-7-24(22(29)15-19)39-21-10-13-35(14-11-21)18(2)37/h4-8,15,17,20-21H,1,9-14,16H2,2-3H3,(H,30,31,32)/t20-/m0/s1. The number of nitrogens with zero attached hydrogens (tertiary/aromatic N) is 6. The molecule has 5 rings (SSSR count). The third kappa shape index (κ3) is 5.90. The van der Waals surface area contributed by atoms with E-state index in [9.17, 15) is 9.59 Å². The maximum Gasteiger partial charge on any atom is 0.246 e. The van der Waals surface area contributed by atoms with Crippen LogP contribution in [0, 0.1) is 0 Å². The van der Waals surface area contributed by atoms with Gasteiger partial charge in [0.2, 0.25) is 11.8 Å². The van der Waals surface area contributed by atoms with Crippen LogP contribution in [0.2, 0.25) is 5.02 Å². The minimum atomic E-state index is -0.0503. The first-order valence-electron chi connectivity index (χ1n) is 13.1. The molecular formula is C28H32ClN7O3. The molecule has 204 valence electrons. The maximum absolute atomic E-state index is 12.0. The number of likely N-dealkylation sites (N-methyl/N-ethyl adjacent to an activating group) is 1. The van der Waals surface area contributed by atoms with E-state index >= 15 is 0 Å². The lowest BCUT2D eigenvalue weighted by Crippen LogP contribution is -2.40. The molecule has 0 spiro atoms. The van der Waals surface area contributed by atoms with Crippen LogP contribution in [0.3, 0.4) is 0 Å². The number of rotatable bonds is 7. The lowest BCUT2D eigenvalue weighted by Gasteiger charge is -2.31. The van der Waals surface area contributed by atoms with Crippen LogP contribution in [0.1, 0.15) is 26.2 Å². The number of nitrogens with one attached hydrogen (secondary N) is 1. The average molecular weight is 550 g/mol. The lowest BCUT2D eigenvalue weighted by molar-refractivity contribution is -0.130. The Hall–Kier alpha value is -3.92. The first kappa shape index (κ1) is 26.7. The van der Waals surface area contributed by atoms with Crippen molar-refractivity contribution in [1.82, 2.24) is 24.8 Å². The van der Waals surface area contributed by atoms with E-state index in [0.717, 1.165) is 30.8 Å². The number of amides is 2. The maximum atomic E-state index is 12.0. The molecule has 39 heavy (non-hydrogen) atoms. The van der Waals surface area contributed by atoms with Gasteiger partial charge in [0.25, 0.3) is 0 Å². The number of piperidine rings is 1. The molecule has 4 heterocycles. The Bertz CT molecular complexity index is 1390. The predicted molar refractivity (Wildman–Crippen MR) is 152 cm³/mol. The molecule has 0 unspecified atom stereocenters. The van der Waals surface area contributed by atoms with Crippen molar-refractivity contribution < 1.29 is 14.3 Å². The molecule has 0 bridgehead atoms. The molecule has 1 aromatic carbocycles. The van der Waals surface area contributed by atoms with Gasteiger partial charge in [-0.15, -0.1) is 0 Å². The second-order valence-corrected chi connectivity index (χ2v) is 10.3. The average Bonchev–Trinajstić information content (AvgIpc) is 3.44. The smallest absolute Gasteiger partial charge is 0.246 e.